The monoisotopic (exact) mass is 257 g/mol. The van der Waals surface area contributed by atoms with E-state index in [1.807, 2.05) is 4.52 Å². The number of hydrogen-bond acceptors (Lipinski definition) is 4. The molecule has 2 aromatic heterocycles. The summed E-state index contributed by atoms with van der Waals surface area (Å²) in [6.45, 7) is 2.29. The van der Waals surface area contributed by atoms with Crippen LogP contribution in [0.15, 0.2) is 6.33 Å². The van der Waals surface area contributed by atoms with Crippen LogP contribution in [0.3, 0.4) is 0 Å². The van der Waals surface area contributed by atoms with Crippen LogP contribution < -0.4 is 4.90 Å². The van der Waals surface area contributed by atoms with Crippen LogP contribution >= 0.6 is 0 Å². The van der Waals surface area contributed by atoms with Crippen molar-refractivity contribution in [1.29, 1.82) is 0 Å². The molecule has 3 heterocycles. The second-order valence-electron chi connectivity index (χ2n) is 5.59. The Bertz CT molecular complexity index is 595. The van der Waals surface area contributed by atoms with Crippen molar-refractivity contribution < 1.29 is 0 Å². The Labute approximate surface area is 112 Å². The van der Waals surface area contributed by atoms with Gasteiger partial charge in [-0.3, -0.25) is 0 Å². The maximum atomic E-state index is 4.66. The van der Waals surface area contributed by atoms with Gasteiger partial charge in [0.15, 0.2) is 0 Å². The van der Waals surface area contributed by atoms with Crippen LogP contribution in [0.2, 0.25) is 0 Å². The van der Waals surface area contributed by atoms with Crippen LogP contribution in [-0.4, -0.2) is 32.7 Å². The van der Waals surface area contributed by atoms with Crippen LogP contribution in [0.25, 0.3) is 5.78 Å². The molecule has 1 aliphatic heterocycles. The van der Waals surface area contributed by atoms with Crippen molar-refractivity contribution in [3.63, 3.8) is 0 Å². The summed E-state index contributed by atoms with van der Waals surface area (Å²) < 4.78 is 1.95. The van der Waals surface area contributed by atoms with Crippen molar-refractivity contribution in [3.8, 4) is 0 Å². The van der Waals surface area contributed by atoms with Crippen molar-refractivity contribution >= 4 is 11.6 Å². The lowest BCUT2D eigenvalue weighted by Gasteiger charge is -2.25. The molecule has 0 N–H and O–H groups in total. The molecule has 5 nitrogen and oxygen atoms in total. The van der Waals surface area contributed by atoms with E-state index in [2.05, 4.69) is 20.0 Å². The van der Waals surface area contributed by atoms with Gasteiger partial charge in [-0.05, 0) is 32.1 Å². The highest BCUT2D eigenvalue weighted by Crippen LogP contribution is 2.31. The molecule has 1 fully saturated rings. The summed E-state index contributed by atoms with van der Waals surface area (Å²) in [6.07, 6.45) is 10.4. The van der Waals surface area contributed by atoms with Gasteiger partial charge < -0.3 is 4.90 Å². The molecule has 0 spiro atoms. The van der Waals surface area contributed by atoms with Gasteiger partial charge in [-0.2, -0.15) is 14.6 Å². The van der Waals surface area contributed by atoms with E-state index < -0.39 is 0 Å². The molecule has 0 aromatic carbocycles. The predicted octanol–water partition coefficient (Wildman–Crippen LogP) is 1.99. The summed E-state index contributed by atoms with van der Waals surface area (Å²) in [6, 6.07) is 0. The molecule has 1 saturated heterocycles. The second kappa shape index (κ2) is 4.47. The zero-order chi connectivity index (χ0) is 12.7. The molecular formula is C14H19N5. The summed E-state index contributed by atoms with van der Waals surface area (Å²) in [5.41, 5.74) is 2.67. The highest BCUT2D eigenvalue weighted by molar-refractivity contribution is 5.56. The smallest absolute Gasteiger partial charge is 0.254 e. The first kappa shape index (κ1) is 11.2. The number of aromatic nitrogens is 4. The highest BCUT2D eigenvalue weighted by Gasteiger charge is 2.24. The van der Waals surface area contributed by atoms with E-state index in [9.17, 15) is 0 Å². The van der Waals surface area contributed by atoms with Gasteiger partial charge in [-0.15, -0.1) is 0 Å². The van der Waals surface area contributed by atoms with Crippen molar-refractivity contribution in [2.24, 2.45) is 0 Å². The summed E-state index contributed by atoms with van der Waals surface area (Å²) in [4.78, 5) is 11.5. The molecule has 1 aliphatic carbocycles. The maximum Gasteiger partial charge on any atom is 0.254 e. The standard InChI is InChI=1S/C14H19N5/c1-2-4-9-18(8-3-1)13-11-6-5-7-12(11)17-14-15-10-16-19(13)14/h10H,1-9H2. The van der Waals surface area contributed by atoms with Crippen molar-refractivity contribution in [2.75, 3.05) is 18.0 Å². The largest absolute Gasteiger partial charge is 0.356 e. The minimum absolute atomic E-state index is 0.764. The third kappa shape index (κ3) is 1.79. The topological polar surface area (TPSA) is 46.3 Å². The average molecular weight is 257 g/mol. The maximum absolute atomic E-state index is 4.66. The van der Waals surface area contributed by atoms with Gasteiger partial charge in [-0.25, -0.2) is 4.98 Å². The fourth-order valence-corrected chi connectivity index (χ4v) is 3.41. The van der Waals surface area contributed by atoms with E-state index in [1.165, 1.54) is 49.2 Å². The third-order valence-corrected chi connectivity index (χ3v) is 4.33. The predicted molar refractivity (Wildman–Crippen MR) is 73.5 cm³/mol. The number of anilines is 1. The first-order chi connectivity index (χ1) is 9.43. The van der Waals surface area contributed by atoms with Crippen molar-refractivity contribution in [2.45, 2.75) is 44.9 Å². The number of nitrogens with zero attached hydrogens (tertiary/aromatic N) is 5. The van der Waals surface area contributed by atoms with Gasteiger partial charge >= 0.3 is 0 Å². The molecule has 2 aromatic rings. The lowest BCUT2D eigenvalue weighted by molar-refractivity contribution is 0.726. The van der Waals surface area contributed by atoms with Crippen LogP contribution in [0.1, 0.15) is 43.4 Å². The minimum atomic E-state index is 0.764. The summed E-state index contributed by atoms with van der Waals surface area (Å²) in [7, 11) is 0. The molecule has 0 radical (unpaired) electrons. The Morgan fingerprint density at radius 1 is 0.947 bits per heavy atom. The van der Waals surface area contributed by atoms with Crippen LogP contribution in [-0.2, 0) is 12.8 Å². The molecule has 5 heteroatoms. The van der Waals surface area contributed by atoms with E-state index in [-0.39, 0.29) is 0 Å². The molecule has 0 bridgehead atoms. The Balaban J connectivity index is 1.88. The summed E-state index contributed by atoms with van der Waals surface area (Å²) in [5, 5.41) is 4.40. The molecule has 4 rings (SSSR count). The molecule has 0 unspecified atom stereocenters. The molecule has 0 saturated carbocycles. The minimum Gasteiger partial charge on any atom is -0.356 e. The molecular weight excluding hydrogens is 238 g/mol. The lowest BCUT2D eigenvalue weighted by atomic mass is 10.2. The number of fused-ring (bicyclic) bond motifs is 2. The average Bonchev–Trinajstić information content (AvgIpc) is 2.98. The van der Waals surface area contributed by atoms with E-state index in [4.69, 9.17) is 0 Å². The van der Waals surface area contributed by atoms with E-state index in [0.29, 0.717) is 0 Å². The Morgan fingerprint density at radius 2 is 1.79 bits per heavy atom. The number of aryl methyl sites for hydroxylation is 1. The summed E-state index contributed by atoms with van der Waals surface area (Å²) >= 11 is 0. The molecule has 2 aliphatic rings. The lowest BCUT2D eigenvalue weighted by Crippen LogP contribution is -2.28. The van der Waals surface area contributed by atoms with Crippen LogP contribution in [0.4, 0.5) is 5.82 Å². The molecule has 100 valence electrons. The van der Waals surface area contributed by atoms with E-state index >= 15 is 0 Å². The zero-order valence-electron chi connectivity index (χ0n) is 11.2. The first-order valence-corrected chi connectivity index (χ1v) is 7.40. The first-order valence-electron chi connectivity index (χ1n) is 7.40. The fourth-order valence-electron chi connectivity index (χ4n) is 3.41. The fraction of sp³-hybridized carbons (Fsp3) is 0.643. The molecule has 0 atom stereocenters. The Hall–Kier alpha value is -1.65. The molecule has 19 heavy (non-hydrogen) atoms. The van der Waals surface area contributed by atoms with Crippen LogP contribution in [0.5, 0.6) is 0 Å². The van der Waals surface area contributed by atoms with E-state index in [0.717, 1.165) is 31.7 Å². The third-order valence-electron chi connectivity index (χ3n) is 4.33. The van der Waals surface area contributed by atoms with Gasteiger partial charge in [0.05, 0.1) is 5.69 Å². The van der Waals surface area contributed by atoms with Gasteiger partial charge in [0.2, 0.25) is 0 Å². The van der Waals surface area contributed by atoms with Gasteiger partial charge in [0, 0.05) is 18.7 Å². The molecule has 0 amide bonds. The number of hydrogen-bond donors (Lipinski definition) is 0. The van der Waals surface area contributed by atoms with E-state index in [1.54, 1.807) is 6.33 Å². The SMILES string of the molecule is c1nc2nc3c(c(N4CCCCCC4)n2n1)CCC3. The van der Waals surface area contributed by atoms with Crippen molar-refractivity contribution in [1.82, 2.24) is 19.6 Å². The van der Waals surface area contributed by atoms with Gasteiger partial charge in [-0.1, -0.05) is 12.8 Å². The van der Waals surface area contributed by atoms with Crippen molar-refractivity contribution in [3.05, 3.63) is 17.6 Å². The zero-order valence-corrected chi connectivity index (χ0v) is 11.2. The normalized spacial score (nSPS) is 19.7. The van der Waals surface area contributed by atoms with Crippen LogP contribution in [0, 0.1) is 0 Å². The summed E-state index contributed by atoms with van der Waals surface area (Å²) in [5.74, 6) is 2.04. The second-order valence-corrected chi connectivity index (χ2v) is 5.59. The van der Waals surface area contributed by atoms with Gasteiger partial charge in [0.25, 0.3) is 5.78 Å². The Morgan fingerprint density at radius 3 is 2.63 bits per heavy atom. The van der Waals surface area contributed by atoms with Gasteiger partial charge in [0.1, 0.15) is 12.1 Å². The number of rotatable bonds is 1. The highest BCUT2D eigenvalue weighted by atomic mass is 15.4. The Kier molecular flexibility index (Phi) is 2.64. The quantitative estimate of drug-likeness (QED) is 0.784.